The monoisotopic (exact) mass is 243 g/mol. The lowest BCUT2D eigenvalue weighted by Gasteiger charge is -2.24. The largest absolute Gasteiger partial charge is 0.380 e. The van der Waals surface area contributed by atoms with Crippen molar-refractivity contribution >= 4 is 15.5 Å². The van der Waals surface area contributed by atoms with Crippen molar-refractivity contribution in [2.45, 2.75) is 18.9 Å². The van der Waals surface area contributed by atoms with E-state index in [1.807, 2.05) is 0 Å². The van der Waals surface area contributed by atoms with Crippen LogP contribution in [0.5, 0.6) is 0 Å². The van der Waals surface area contributed by atoms with Crippen molar-refractivity contribution in [3.63, 3.8) is 0 Å². The van der Waals surface area contributed by atoms with Crippen molar-refractivity contribution in [3.05, 3.63) is 30.1 Å². The molecule has 1 saturated heterocycles. The SMILES string of the molecule is O=S1(=O)CCC(Nc2ccccc2F)CC1. The van der Waals surface area contributed by atoms with Crippen LogP contribution in [0.4, 0.5) is 10.1 Å². The topological polar surface area (TPSA) is 46.2 Å². The highest BCUT2D eigenvalue weighted by atomic mass is 32.2. The minimum atomic E-state index is -2.85. The fourth-order valence-corrected chi connectivity index (χ4v) is 3.32. The van der Waals surface area contributed by atoms with Gasteiger partial charge in [0.2, 0.25) is 0 Å². The van der Waals surface area contributed by atoms with Crippen LogP contribution in [0.25, 0.3) is 0 Å². The number of nitrogens with one attached hydrogen (secondary N) is 1. The first kappa shape index (κ1) is 11.4. The van der Waals surface area contributed by atoms with E-state index < -0.39 is 9.84 Å². The maximum absolute atomic E-state index is 13.3. The summed E-state index contributed by atoms with van der Waals surface area (Å²) in [6.45, 7) is 0. The highest BCUT2D eigenvalue weighted by Crippen LogP contribution is 2.19. The van der Waals surface area contributed by atoms with E-state index in [4.69, 9.17) is 0 Å². The summed E-state index contributed by atoms with van der Waals surface area (Å²) in [7, 11) is -2.85. The first-order chi connectivity index (χ1) is 7.57. The highest BCUT2D eigenvalue weighted by Gasteiger charge is 2.23. The smallest absolute Gasteiger partial charge is 0.150 e. The Balaban J connectivity index is 2.00. The van der Waals surface area contributed by atoms with Crippen molar-refractivity contribution in [1.29, 1.82) is 0 Å². The second-order valence-corrected chi connectivity index (χ2v) is 6.35. The summed E-state index contributed by atoms with van der Waals surface area (Å²) in [6, 6.07) is 6.50. The molecule has 0 aliphatic carbocycles. The highest BCUT2D eigenvalue weighted by molar-refractivity contribution is 7.91. The number of sulfone groups is 1. The molecule has 3 nitrogen and oxygen atoms in total. The number of benzene rings is 1. The Morgan fingerprint density at radius 2 is 1.81 bits per heavy atom. The van der Waals surface area contributed by atoms with Crippen LogP contribution in [0, 0.1) is 5.82 Å². The number of anilines is 1. The van der Waals surface area contributed by atoms with E-state index in [0.717, 1.165) is 0 Å². The predicted octanol–water partition coefficient (Wildman–Crippen LogP) is 1.81. The number of rotatable bonds is 2. The van der Waals surface area contributed by atoms with Gasteiger partial charge in [0.15, 0.2) is 0 Å². The number of halogens is 1. The van der Waals surface area contributed by atoms with E-state index >= 15 is 0 Å². The number of para-hydroxylation sites is 1. The minimum absolute atomic E-state index is 0.0559. The molecule has 0 radical (unpaired) electrons. The normalized spacial score (nSPS) is 20.6. The van der Waals surface area contributed by atoms with Gasteiger partial charge in [-0.25, -0.2) is 12.8 Å². The third-order valence-corrected chi connectivity index (χ3v) is 4.50. The maximum Gasteiger partial charge on any atom is 0.150 e. The van der Waals surface area contributed by atoms with Gasteiger partial charge in [0, 0.05) is 6.04 Å². The van der Waals surface area contributed by atoms with E-state index in [1.54, 1.807) is 18.2 Å². The van der Waals surface area contributed by atoms with Gasteiger partial charge in [0.1, 0.15) is 15.7 Å². The Morgan fingerprint density at radius 1 is 1.19 bits per heavy atom. The van der Waals surface area contributed by atoms with Crippen molar-refractivity contribution in [3.8, 4) is 0 Å². The first-order valence-corrected chi connectivity index (χ1v) is 7.10. The lowest BCUT2D eigenvalue weighted by atomic mass is 10.1. The number of hydrogen-bond donors (Lipinski definition) is 1. The number of hydrogen-bond acceptors (Lipinski definition) is 3. The molecule has 0 saturated carbocycles. The molecule has 0 bridgehead atoms. The van der Waals surface area contributed by atoms with Crippen LogP contribution in [0.3, 0.4) is 0 Å². The van der Waals surface area contributed by atoms with Gasteiger partial charge in [-0.2, -0.15) is 0 Å². The minimum Gasteiger partial charge on any atom is -0.380 e. The molecule has 16 heavy (non-hydrogen) atoms. The van der Waals surface area contributed by atoms with Crippen LogP contribution in [0.2, 0.25) is 0 Å². The fourth-order valence-electron chi connectivity index (χ4n) is 1.83. The van der Waals surface area contributed by atoms with Crippen molar-refractivity contribution < 1.29 is 12.8 Å². The van der Waals surface area contributed by atoms with Crippen LogP contribution in [-0.2, 0) is 9.84 Å². The van der Waals surface area contributed by atoms with Gasteiger partial charge in [0.25, 0.3) is 0 Å². The summed E-state index contributed by atoms with van der Waals surface area (Å²) < 4.78 is 35.7. The molecule has 1 aromatic carbocycles. The van der Waals surface area contributed by atoms with Crippen molar-refractivity contribution in [2.75, 3.05) is 16.8 Å². The molecule has 1 heterocycles. The van der Waals surface area contributed by atoms with E-state index in [2.05, 4.69) is 5.32 Å². The molecule has 0 atom stereocenters. The van der Waals surface area contributed by atoms with Gasteiger partial charge < -0.3 is 5.32 Å². The van der Waals surface area contributed by atoms with Crippen LogP contribution in [-0.4, -0.2) is 26.0 Å². The Hall–Kier alpha value is -1.10. The van der Waals surface area contributed by atoms with Gasteiger partial charge in [-0.3, -0.25) is 0 Å². The summed E-state index contributed by atoms with van der Waals surface area (Å²) in [5.74, 6) is 0.0917. The van der Waals surface area contributed by atoms with Gasteiger partial charge >= 0.3 is 0 Å². The predicted molar refractivity (Wildman–Crippen MR) is 61.7 cm³/mol. The average molecular weight is 243 g/mol. The quantitative estimate of drug-likeness (QED) is 0.861. The second-order valence-electron chi connectivity index (χ2n) is 4.05. The Morgan fingerprint density at radius 3 is 2.44 bits per heavy atom. The zero-order chi connectivity index (χ0) is 11.6. The summed E-state index contributed by atoms with van der Waals surface area (Å²) in [6.07, 6.45) is 1.10. The molecule has 2 rings (SSSR count). The van der Waals surface area contributed by atoms with E-state index in [9.17, 15) is 12.8 Å². The van der Waals surface area contributed by atoms with Crippen molar-refractivity contribution in [2.24, 2.45) is 0 Å². The summed E-state index contributed by atoms with van der Waals surface area (Å²) in [5, 5.41) is 3.05. The van der Waals surface area contributed by atoms with E-state index in [0.29, 0.717) is 18.5 Å². The lowest BCUT2D eigenvalue weighted by Crippen LogP contribution is -2.32. The second kappa shape index (κ2) is 4.41. The van der Waals surface area contributed by atoms with E-state index in [-0.39, 0.29) is 23.4 Å². The van der Waals surface area contributed by atoms with Crippen LogP contribution in [0.1, 0.15) is 12.8 Å². The third-order valence-electron chi connectivity index (χ3n) is 2.79. The molecule has 5 heteroatoms. The molecule has 1 fully saturated rings. The summed E-state index contributed by atoms with van der Waals surface area (Å²) in [5.41, 5.74) is 0.451. The molecular formula is C11H14FNO2S. The zero-order valence-corrected chi connectivity index (χ0v) is 9.63. The molecule has 1 aliphatic rings. The molecule has 88 valence electrons. The molecule has 1 N–H and O–H groups in total. The van der Waals surface area contributed by atoms with Crippen LogP contribution >= 0.6 is 0 Å². The zero-order valence-electron chi connectivity index (χ0n) is 8.82. The Kier molecular flexibility index (Phi) is 3.14. The van der Waals surface area contributed by atoms with Crippen LogP contribution < -0.4 is 5.32 Å². The maximum atomic E-state index is 13.3. The molecule has 0 aromatic heterocycles. The molecule has 1 aliphatic heterocycles. The molecule has 0 amide bonds. The fraction of sp³-hybridized carbons (Fsp3) is 0.455. The average Bonchev–Trinajstić information content (AvgIpc) is 2.24. The van der Waals surface area contributed by atoms with Gasteiger partial charge in [0.05, 0.1) is 17.2 Å². The first-order valence-electron chi connectivity index (χ1n) is 5.28. The summed E-state index contributed by atoms with van der Waals surface area (Å²) in [4.78, 5) is 0. The van der Waals surface area contributed by atoms with Crippen molar-refractivity contribution in [1.82, 2.24) is 0 Å². The molecular weight excluding hydrogens is 229 g/mol. The summed E-state index contributed by atoms with van der Waals surface area (Å²) >= 11 is 0. The van der Waals surface area contributed by atoms with Gasteiger partial charge in [-0.1, -0.05) is 12.1 Å². The third kappa shape index (κ3) is 2.72. The lowest BCUT2D eigenvalue weighted by molar-refractivity contribution is 0.557. The van der Waals surface area contributed by atoms with Crippen LogP contribution in [0.15, 0.2) is 24.3 Å². The van der Waals surface area contributed by atoms with Gasteiger partial charge in [-0.05, 0) is 25.0 Å². The standard InChI is InChI=1S/C11H14FNO2S/c12-10-3-1-2-4-11(10)13-9-5-7-16(14,15)8-6-9/h1-4,9,13H,5-8H2. The molecule has 1 aromatic rings. The Labute approximate surface area is 94.6 Å². The van der Waals surface area contributed by atoms with Gasteiger partial charge in [-0.15, -0.1) is 0 Å². The van der Waals surface area contributed by atoms with E-state index in [1.165, 1.54) is 6.07 Å². The molecule has 0 spiro atoms. The Bertz CT molecular complexity index is 459. The molecule has 0 unspecified atom stereocenters.